The molecule has 1 aromatic carbocycles. The fourth-order valence-corrected chi connectivity index (χ4v) is 1.48. The van der Waals surface area contributed by atoms with Crippen molar-refractivity contribution in [3.8, 4) is 11.5 Å². The maximum Gasteiger partial charge on any atom is 0.161 e. The predicted octanol–water partition coefficient (Wildman–Crippen LogP) is 1.87. The molecule has 98 valence electrons. The molecule has 1 saturated heterocycles. The second kappa shape index (κ2) is 6.42. The van der Waals surface area contributed by atoms with Crippen molar-refractivity contribution in [1.82, 2.24) is 0 Å². The molecule has 1 fully saturated rings. The molecule has 0 spiro atoms. The maximum absolute atomic E-state index is 8.75. The van der Waals surface area contributed by atoms with Crippen LogP contribution in [0.3, 0.4) is 0 Å². The Bertz CT molecular complexity index is 399. The van der Waals surface area contributed by atoms with Gasteiger partial charge in [0.05, 0.1) is 13.2 Å². The summed E-state index contributed by atoms with van der Waals surface area (Å²) in [6, 6.07) is 5.68. The molecule has 0 saturated carbocycles. The fourth-order valence-electron chi connectivity index (χ4n) is 1.48. The summed E-state index contributed by atoms with van der Waals surface area (Å²) in [7, 11) is 0. The number of benzene rings is 1. The molecule has 1 unspecified atom stereocenters. The van der Waals surface area contributed by atoms with E-state index in [1.807, 2.05) is 18.2 Å². The van der Waals surface area contributed by atoms with Gasteiger partial charge in [0.15, 0.2) is 11.5 Å². The lowest BCUT2D eigenvalue weighted by molar-refractivity contribution is 0.217. The lowest BCUT2D eigenvalue weighted by Crippen LogP contribution is -2.07. The molecule has 0 bridgehead atoms. The summed E-state index contributed by atoms with van der Waals surface area (Å²) in [5.74, 6) is 1.38. The molecule has 1 aromatic rings. The Kier molecular flexibility index (Phi) is 4.61. The fraction of sp³-hybridized carbons (Fsp3) is 0.429. The largest absolute Gasteiger partial charge is 0.490 e. The summed E-state index contributed by atoms with van der Waals surface area (Å²) < 4.78 is 16.3. The van der Waals surface area contributed by atoms with Crippen molar-refractivity contribution in [2.75, 3.05) is 26.4 Å². The van der Waals surface area contributed by atoms with Gasteiger partial charge < -0.3 is 19.3 Å². The van der Waals surface area contributed by atoms with Crippen molar-refractivity contribution >= 4 is 6.08 Å². The zero-order chi connectivity index (χ0) is 12.8. The second-order valence-electron chi connectivity index (χ2n) is 4.10. The molecule has 0 aromatic heterocycles. The van der Waals surface area contributed by atoms with Gasteiger partial charge in [0.2, 0.25) is 0 Å². The van der Waals surface area contributed by atoms with Crippen molar-refractivity contribution in [3.05, 3.63) is 30.3 Å². The number of hydrogen-bond acceptors (Lipinski definition) is 4. The molecule has 1 N–H and O–H groups in total. The molecule has 4 heteroatoms. The second-order valence-corrected chi connectivity index (χ2v) is 4.10. The van der Waals surface area contributed by atoms with Crippen LogP contribution >= 0.6 is 0 Å². The third kappa shape index (κ3) is 3.75. The van der Waals surface area contributed by atoms with E-state index >= 15 is 0 Å². The van der Waals surface area contributed by atoms with E-state index in [0.717, 1.165) is 12.2 Å². The monoisotopic (exact) mass is 250 g/mol. The van der Waals surface area contributed by atoms with E-state index in [4.69, 9.17) is 19.3 Å². The zero-order valence-corrected chi connectivity index (χ0v) is 10.3. The van der Waals surface area contributed by atoms with Gasteiger partial charge in [-0.05, 0) is 17.7 Å². The van der Waals surface area contributed by atoms with E-state index in [-0.39, 0.29) is 12.7 Å². The van der Waals surface area contributed by atoms with Gasteiger partial charge in [-0.3, -0.25) is 0 Å². The highest BCUT2D eigenvalue weighted by atomic mass is 16.6. The first-order valence-corrected chi connectivity index (χ1v) is 6.08. The highest BCUT2D eigenvalue weighted by molar-refractivity contribution is 5.54. The van der Waals surface area contributed by atoms with E-state index in [0.29, 0.717) is 31.1 Å². The van der Waals surface area contributed by atoms with E-state index in [9.17, 15) is 0 Å². The average Bonchev–Trinajstić information content (AvgIpc) is 3.21. The van der Waals surface area contributed by atoms with Gasteiger partial charge in [0, 0.05) is 13.0 Å². The van der Waals surface area contributed by atoms with Crippen LogP contribution in [0, 0.1) is 0 Å². The predicted molar refractivity (Wildman–Crippen MR) is 69.0 cm³/mol. The Morgan fingerprint density at radius 1 is 1.39 bits per heavy atom. The Hall–Kier alpha value is -1.52. The third-order valence-electron chi connectivity index (χ3n) is 2.59. The van der Waals surface area contributed by atoms with Crippen molar-refractivity contribution < 1.29 is 19.3 Å². The molecule has 2 rings (SSSR count). The third-order valence-corrected chi connectivity index (χ3v) is 2.59. The highest BCUT2D eigenvalue weighted by Crippen LogP contribution is 2.29. The van der Waals surface area contributed by atoms with Gasteiger partial charge in [-0.15, -0.1) is 0 Å². The minimum atomic E-state index is 0.118. The standard InChI is InChI=1S/C14H18O4/c1-2-11-4-5-13(18-10-12-9-17-12)14(8-11)16-7-3-6-15/h2,4-5,8,12,15H,1,3,6-7,9-10H2. The van der Waals surface area contributed by atoms with Crippen molar-refractivity contribution in [2.45, 2.75) is 12.5 Å². The van der Waals surface area contributed by atoms with Crippen molar-refractivity contribution in [1.29, 1.82) is 0 Å². The molecule has 1 aliphatic rings. The molecule has 0 aliphatic carbocycles. The lowest BCUT2D eigenvalue weighted by atomic mass is 10.2. The quantitative estimate of drug-likeness (QED) is 0.565. The molecule has 1 aliphatic heterocycles. The van der Waals surface area contributed by atoms with E-state index in [2.05, 4.69) is 6.58 Å². The molecule has 18 heavy (non-hydrogen) atoms. The molecule has 0 radical (unpaired) electrons. The topological polar surface area (TPSA) is 51.2 Å². The van der Waals surface area contributed by atoms with Crippen molar-refractivity contribution in [2.24, 2.45) is 0 Å². The molecular formula is C14H18O4. The SMILES string of the molecule is C=Cc1ccc(OCC2CO2)c(OCCCO)c1. The van der Waals surface area contributed by atoms with Crippen LogP contribution in [-0.4, -0.2) is 37.6 Å². The van der Waals surface area contributed by atoms with Crippen LogP contribution in [0.4, 0.5) is 0 Å². The van der Waals surface area contributed by atoms with E-state index < -0.39 is 0 Å². The number of hydrogen-bond donors (Lipinski definition) is 1. The molecule has 1 heterocycles. The van der Waals surface area contributed by atoms with Crippen molar-refractivity contribution in [3.63, 3.8) is 0 Å². The molecule has 0 amide bonds. The summed E-state index contributed by atoms with van der Waals surface area (Å²) in [6.07, 6.45) is 2.57. The van der Waals surface area contributed by atoms with Crippen LogP contribution in [0.5, 0.6) is 11.5 Å². The average molecular weight is 250 g/mol. The van der Waals surface area contributed by atoms with Crippen LogP contribution < -0.4 is 9.47 Å². The van der Waals surface area contributed by atoms with E-state index in [1.165, 1.54) is 0 Å². The van der Waals surface area contributed by atoms with Gasteiger partial charge in [0.25, 0.3) is 0 Å². The number of aliphatic hydroxyl groups excluding tert-OH is 1. The van der Waals surface area contributed by atoms with Crippen LogP contribution in [0.25, 0.3) is 6.08 Å². The summed E-state index contributed by atoms with van der Waals surface area (Å²) in [5.41, 5.74) is 0.976. The first-order chi connectivity index (χ1) is 8.83. The normalized spacial score (nSPS) is 17.3. The van der Waals surface area contributed by atoms with E-state index in [1.54, 1.807) is 6.08 Å². The number of ether oxygens (including phenoxy) is 3. The number of rotatable bonds is 8. The highest BCUT2D eigenvalue weighted by Gasteiger charge is 2.23. The maximum atomic E-state index is 8.75. The zero-order valence-electron chi connectivity index (χ0n) is 10.3. The summed E-state index contributed by atoms with van der Waals surface area (Å²) in [4.78, 5) is 0. The minimum Gasteiger partial charge on any atom is -0.490 e. The van der Waals surface area contributed by atoms with Crippen LogP contribution in [0.1, 0.15) is 12.0 Å². The molecule has 1 atom stereocenters. The summed E-state index contributed by atoms with van der Waals surface area (Å²) >= 11 is 0. The van der Waals surface area contributed by atoms with Gasteiger partial charge in [-0.25, -0.2) is 0 Å². The minimum absolute atomic E-state index is 0.118. The molecule has 4 nitrogen and oxygen atoms in total. The smallest absolute Gasteiger partial charge is 0.161 e. The van der Waals surface area contributed by atoms with Gasteiger partial charge in [-0.1, -0.05) is 18.7 Å². The van der Waals surface area contributed by atoms with Crippen LogP contribution in [0.2, 0.25) is 0 Å². The summed E-state index contributed by atoms with van der Waals surface area (Å²) in [5, 5.41) is 8.75. The lowest BCUT2D eigenvalue weighted by Gasteiger charge is -2.12. The first-order valence-electron chi connectivity index (χ1n) is 6.08. The van der Waals surface area contributed by atoms with Gasteiger partial charge in [0.1, 0.15) is 12.7 Å². The first kappa shape index (κ1) is 12.9. The van der Waals surface area contributed by atoms with Gasteiger partial charge in [-0.2, -0.15) is 0 Å². The van der Waals surface area contributed by atoms with Crippen LogP contribution in [-0.2, 0) is 4.74 Å². The number of aliphatic hydroxyl groups is 1. The van der Waals surface area contributed by atoms with Gasteiger partial charge >= 0.3 is 0 Å². The summed E-state index contributed by atoms with van der Waals surface area (Å²) in [6.45, 7) is 5.62. The molecular weight excluding hydrogens is 232 g/mol. The Morgan fingerprint density at radius 2 is 2.22 bits per heavy atom. The Balaban J connectivity index is 2.01. The Labute approximate surface area is 107 Å². The van der Waals surface area contributed by atoms with Crippen LogP contribution in [0.15, 0.2) is 24.8 Å². The Morgan fingerprint density at radius 3 is 2.89 bits per heavy atom. The number of epoxide rings is 1.